The van der Waals surface area contributed by atoms with Gasteiger partial charge in [-0.05, 0) is 37.1 Å². The fourth-order valence-electron chi connectivity index (χ4n) is 2.06. The van der Waals surface area contributed by atoms with Crippen LogP contribution in [0.3, 0.4) is 0 Å². The first-order valence-corrected chi connectivity index (χ1v) is 7.58. The Morgan fingerprint density at radius 1 is 1.29 bits per heavy atom. The molecule has 0 fully saturated rings. The van der Waals surface area contributed by atoms with Crippen molar-refractivity contribution in [2.45, 2.75) is 26.8 Å². The van der Waals surface area contributed by atoms with Gasteiger partial charge in [-0.1, -0.05) is 28.9 Å². The molecule has 0 atom stereocenters. The largest absolute Gasteiger partial charge is 0.321 e. The van der Waals surface area contributed by atoms with Crippen LogP contribution in [0.15, 0.2) is 45.8 Å². The van der Waals surface area contributed by atoms with Gasteiger partial charge in [0.1, 0.15) is 0 Å². The van der Waals surface area contributed by atoms with Gasteiger partial charge in [0.2, 0.25) is 0 Å². The van der Waals surface area contributed by atoms with Crippen molar-refractivity contribution in [3.63, 3.8) is 0 Å². The first-order chi connectivity index (χ1) is 10.0. The number of carbonyl (C=O) groups is 1. The van der Waals surface area contributed by atoms with Crippen LogP contribution in [-0.4, -0.2) is 10.5 Å². The standard InChI is InChI=1S/C16H17BrN2O2/c1-3-8-19-10-13(6-7-15(19)20)18-16(21)14-9-12(17)5-4-11(14)2/h4-7,9-10H,3,8H2,1-2H3,(H,18,21). The number of aryl methyl sites for hydroxylation is 2. The molecule has 1 N–H and O–H groups in total. The summed E-state index contributed by atoms with van der Waals surface area (Å²) in [5.74, 6) is -0.185. The predicted molar refractivity (Wildman–Crippen MR) is 87.8 cm³/mol. The van der Waals surface area contributed by atoms with Gasteiger partial charge in [-0.15, -0.1) is 0 Å². The van der Waals surface area contributed by atoms with Gasteiger partial charge >= 0.3 is 0 Å². The molecule has 1 amide bonds. The molecule has 1 aromatic carbocycles. The summed E-state index contributed by atoms with van der Waals surface area (Å²) < 4.78 is 2.46. The van der Waals surface area contributed by atoms with E-state index in [9.17, 15) is 9.59 Å². The maximum absolute atomic E-state index is 12.3. The van der Waals surface area contributed by atoms with Crippen molar-refractivity contribution in [1.82, 2.24) is 4.57 Å². The molecule has 21 heavy (non-hydrogen) atoms. The van der Waals surface area contributed by atoms with Crippen molar-refractivity contribution in [3.8, 4) is 0 Å². The molecule has 0 saturated heterocycles. The molecular weight excluding hydrogens is 332 g/mol. The Bertz CT molecular complexity index is 722. The third-order valence-electron chi connectivity index (χ3n) is 3.15. The molecule has 0 aliphatic heterocycles. The summed E-state index contributed by atoms with van der Waals surface area (Å²) in [6.07, 6.45) is 2.54. The number of hydrogen-bond acceptors (Lipinski definition) is 2. The topological polar surface area (TPSA) is 51.1 Å². The van der Waals surface area contributed by atoms with Gasteiger partial charge in [0.15, 0.2) is 0 Å². The molecule has 0 saturated carbocycles. The molecular formula is C16H17BrN2O2. The van der Waals surface area contributed by atoms with Gasteiger partial charge in [0.05, 0.1) is 5.69 Å². The molecule has 2 aromatic rings. The lowest BCUT2D eigenvalue weighted by atomic mass is 10.1. The van der Waals surface area contributed by atoms with Crippen LogP contribution >= 0.6 is 15.9 Å². The number of hydrogen-bond donors (Lipinski definition) is 1. The Hall–Kier alpha value is -1.88. The number of carbonyl (C=O) groups excluding carboxylic acids is 1. The van der Waals surface area contributed by atoms with E-state index in [1.165, 1.54) is 6.07 Å². The van der Waals surface area contributed by atoms with Crippen molar-refractivity contribution in [2.24, 2.45) is 0 Å². The van der Waals surface area contributed by atoms with Crippen molar-refractivity contribution in [3.05, 3.63) is 62.5 Å². The van der Waals surface area contributed by atoms with Gasteiger partial charge in [-0.2, -0.15) is 0 Å². The number of halogens is 1. The van der Waals surface area contributed by atoms with Crippen molar-refractivity contribution in [1.29, 1.82) is 0 Å². The fourth-order valence-corrected chi connectivity index (χ4v) is 2.42. The number of anilines is 1. The second kappa shape index (κ2) is 6.72. The van der Waals surface area contributed by atoms with E-state index in [0.717, 1.165) is 16.5 Å². The van der Waals surface area contributed by atoms with E-state index in [1.54, 1.807) is 22.9 Å². The number of nitrogens with one attached hydrogen (secondary N) is 1. The maximum Gasteiger partial charge on any atom is 0.256 e. The van der Waals surface area contributed by atoms with Crippen LogP contribution in [0.4, 0.5) is 5.69 Å². The first-order valence-electron chi connectivity index (χ1n) is 6.79. The van der Waals surface area contributed by atoms with Crippen LogP contribution in [-0.2, 0) is 6.54 Å². The number of pyridine rings is 1. The lowest BCUT2D eigenvalue weighted by Gasteiger charge is -2.10. The SMILES string of the molecule is CCCn1cc(NC(=O)c2cc(Br)ccc2C)ccc1=O. The van der Waals surface area contributed by atoms with Crippen molar-refractivity contribution < 1.29 is 4.79 Å². The van der Waals surface area contributed by atoms with Crippen LogP contribution in [0.5, 0.6) is 0 Å². The molecule has 1 aromatic heterocycles. The van der Waals surface area contributed by atoms with Crippen LogP contribution < -0.4 is 10.9 Å². The van der Waals surface area contributed by atoms with E-state index >= 15 is 0 Å². The average molecular weight is 349 g/mol. The van der Waals surface area contributed by atoms with E-state index in [-0.39, 0.29) is 11.5 Å². The zero-order valence-electron chi connectivity index (χ0n) is 12.0. The molecule has 0 radical (unpaired) electrons. The second-order valence-electron chi connectivity index (χ2n) is 4.86. The first kappa shape index (κ1) is 15.5. The zero-order chi connectivity index (χ0) is 15.4. The molecule has 0 aliphatic carbocycles. The van der Waals surface area contributed by atoms with E-state index in [2.05, 4.69) is 21.2 Å². The number of amides is 1. The summed E-state index contributed by atoms with van der Waals surface area (Å²) in [6, 6.07) is 8.66. The lowest BCUT2D eigenvalue weighted by Crippen LogP contribution is -2.20. The highest BCUT2D eigenvalue weighted by molar-refractivity contribution is 9.10. The molecule has 0 spiro atoms. The number of nitrogens with zero attached hydrogens (tertiary/aromatic N) is 1. The second-order valence-corrected chi connectivity index (χ2v) is 5.78. The summed E-state index contributed by atoms with van der Waals surface area (Å²) in [5.41, 5.74) is 2.07. The third-order valence-corrected chi connectivity index (χ3v) is 3.64. The highest BCUT2D eigenvalue weighted by Gasteiger charge is 2.10. The van der Waals surface area contributed by atoms with E-state index < -0.39 is 0 Å². The van der Waals surface area contributed by atoms with Gasteiger partial charge in [-0.3, -0.25) is 9.59 Å². The minimum Gasteiger partial charge on any atom is -0.321 e. The highest BCUT2D eigenvalue weighted by Crippen LogP contribution is 2.17. The molecule has 0 unspecified atom stereocenters. The quantitative estimate of drug-likeness (QED) is 0.917. The van der Waals surface area contributed by atoms with Crippen molar-refractivity contribution in [2.75, 3.05) is 5.32 Å². The van der Waals surface area contributed by atoms with Gasteiger partial charge < -0.3 is 9.88 Å². The van der Waals surface area contributed by atoms with Crippen molar-refractivity contribution >= 4 is 27.5 Å². The summed E-state index contributed by atoms with van der Waals surface area (Å²) in [5, 5.41) is 2.83. The Kier molecular flexibility index (Phi) is 4.96. The average Bonchev–Trinajstić information content (AvgIpc) is 2.45. The van der Waals surface area contributed by atoms with Crippen LogP contribution in [0, 0.1) is 6.92 Å². The zero-order valence-corrected chi connectivity index (χ0v) is 13.6. The van der Waals surface area contributed by atoms with Gasteiger partial charge in [-0.25, -0.2) is 0 Å². The number of rotatable bonds is 4. The summed E-state index contributed by atoms with van der Waals surface area (Å²) in [7, 11) is 0. The molecule has 1 heterocycles. The monoisotopic (exact) mass is 348 g/mol. The Labute approximate surface area is 131 Å². The van der Waals surface area contributed by atoms with Crippen LogP contribution in [0.1, 0.15) is 29.3 Å². The molecule has 0 aliphatic rings. The lowest BCUT2D eigenvalue weighted by molar-refractivity contribution is 0.102. The van der Waals surface area contributed by atoms with Gasteiger partial charge in [0, 0.05) is 28.8 Å². The Morgan fingerprint density at radius 2 is 2.05 bits per heavy atom. The Balaban J connectivity index is 2.25. The summed E-state index contributed by atoms with van der Waals surface area (Å²) in [6.45, 7) is 4.53. The van der Waals surface area contributed by atoms with E-state index in [4.69, 9.17) is 0 Å². The maximum atomic E-state index is 12.3. The van der Waals surface area contributed by atoms with E-state index in [1.807, 2.05) is 26.0 Å². The molecule has 4 nitrogen and oxygen atoms in total. The minimum absolute atomic E-state index is 0.0616. The van der Waals surface area contributed by atoms with Crippen LogP contribution in [0.25, 0.3) is 0 Å². The molecule has 0 bridgehead atoms. The highest BCUT2D eigenvalue weighted by atomic mass is 79.9. The molecule has 5 heteroatoms. The van der Waals surface area contributed by atoms with Gasteiger partial charge in [0.25, 0.3) is 11.5 Å². The molecule has 110 valence electrons. The van der Waals surface area contributed by atoms with E-state index in [0.29, 0.717) is 17.8 Å². The fraction of sp³-hybridized carbons (Fsp3) is 0.250. The minimum atomic E-state index is -0.185. The third kappa shape index (κ3) is 3.82. The summed E-state index contributed by atoms with van der Waals surface area (Å²) >= 11 is 3.37. The Morgan fingerprint density at radius 3 is 2.76 bits per heavy atom. The number of benzene rings is 1. The smallest absolute Gasteiger partial charge is 0.256 e. The molecule has 2 rings (SSSR count). The van der Waals surface area contributed by atoms with Crippen LogP contribution in [0.2, 0.25) is 0 Å². The number of aromatic nitrogens is 1. The summed E-state index contributed by atoms with van der Waals surface area (Å²) in [4.78, 5) is 24.0. The predicted octanol–water partition coefficient (Wildman–Crippen LogP) is 3.58. The normalized spacial score (nSPS) is 10.4.